The number of hydrogen-bond donors (Lipinski definition) is 2. The van der Waals surface area contributed by atoms with Crippen LogP contribution >= 0.6 is 0 Å². The fourth-order valence-corrected chi connectivity index (χ4v) is 1.94. The lowest BCUT2D eigenvalue weighted by Crippen LogP contribution is -2.07. The van der Waals surface area contributed by atoms with Crippen molar-refractivity contribution in [3.8, 4) is 12.1 Å². The smallest absolute Gasteiger partial charge is 0.140 e. The second-order valence-electron chi connectivity index (χ2n) is 4.36. The van der Waals surface area contributed by atoms with Gasteiger partial charge >= 0.3 is 0 Å². The minimum Gasteiger partial charge on any atom is -0.394 e. The van der Waals surface area contributed by atoms with E-state index < -0.39 is 5.82 Å². The second-order valence-corrected chi connectivity index (χ2v) is 4.36. The maximum atomic E-state index is 13.7. The summed E-state index contributed by atoms with van der Waals surface area (Å²) in [4.78, 5) is 0. The Morgan fingerprint density at radius 3 is 2.73 bits per heavy atom. The molecule has 0 saturated heterocycles. The minimum absolute atomic E-state index is 0.0186. The molecule has 0 aliphatic rings. The van der Waals surface area contributed by atoms with Gasteiger partial charge in [0.25, 0.3) is 0 Å². The normalized spacial score (nSPS) is 11.0. The van der Waals surface area contributed by atoms with Crippen molar-refractivity contribution in [1.29, 1.82) is 10.5 Å². The van der Waals surface area contributed by atoms with Crippen molar-refractivity contribution in [3.05, 3.63) is 46.9 Å². The van der Waals surface area contributed by atoms with E-state index in [1.165, 1.54) is 29.0 Å². The van der Waals surface area contributed by atoms with Crippen LogP contribution in [0.4, 0.5) is 10.2 Å². The molecular weight excluding hydrogens is 285 g/mol. The average Bonchev–Trinajstić information content (AvgIpc) is 2.83. The summed E-state index contributed by atoms with van der Waals surface area (Å²) in [6.45, 7) is -0.117. The molecule has 0 amide bonds. The number of anilines is 1. The second kappa shape index (κ2) is 6.53. The predicted octanol–water partition coefficient (Wildman–Crippen LogP) is 1.53. The number of nitriles is 2. The quantitative estimate of drug-likeness (QED) is 0.831. The number of rotatable bonds is 4. The highest BCUT2D eigenvalue weighted by Gasteiger charge is 2.19. The zero-order valence-electron chi connectivity index (χ0n) is 11.5. The first kappa shape index (κ1) is 15.2. The van der Waals surface area contributed by atoms with Crippen molar-refractivity contribution in [2.45, 2.75) is 6.54 Å². The fraction of sp³-hybridized carbons (Fsp3) is 0.133. The third-order valence-electron chi connectivity index (χ3n) is 3.00. The highest BCUT2D eigenvalue weighted by Crippen LogP contribution is 2.25. The van der Waals surface area contributed by atoms with Gasteiger partial charge in [-0.1, -0.05) is 18.2 Å². The Labute approximate surface area is 126 Å². The highest BCUT2D eigenvalue weighted by atomic mass is 19.1. The molecule has 0 aliphatic heterocycles. The van der Waals surface area contributed by atoms with Crippen LogP contribution in [0, 0.1) is 28.5 Å². The average molecular weight is 297 g/mol. The zero-order valence-corrected chi connectivity index (χ0v) is 11.5. The van der Waals surface area contributed by atoms with E-state index in [-0.39, 0.29) is 41.4 Å². The van der Waals surface area contributed by atoms with E-state index in [1.54, 1.807) is 6.07 Å². The lowest BCUT2D eigenvalue weighted by Gasteiger charge is -1.99. The SMILES string of the molecule is N#C/C(=C/c1ccccc1F)c1nn(CCO)c(N)c1C#N. The van der Waals surface area contributed by atoms with Gasteiger partial charge in [-0.3, -0.25) is 0 Å². The van der Waals surface area contributed by atoms with Crippen LogP contribution in [0.25, 0.3) is 11.6 Å². The van der Waals surface area contributed by atoms with Gasteiger partial charge in [0.05, 0.1) is 18.7 Å². The standard InChI is InChI=1S/C15H12FN5O/c16-13-4-2-1-3-10(13)7-11(8-17)14-12(9-18)15(19)21(20-14)5-6-22/h1-4,7,22H,5-6,19H2/b11-7-. The lowest BCUT2D eigenvalue weighted by molar-refractivity contribution is 0.270. The van der Waals surface area contributed by atoms with Crippen LogP contribution in [-0.4, -0.2) is 21.5 Å². The Morgan fingerprint density at radius 2 is 2.14 bits per heavy atom. The van der Waals surface area contributed by atoms with Gasteiger partial charge in [-0.25, -0.2) is 9.07 Å². The summed E-state index contributed by atoms with van der Waals surface area (Å²) in [6, 6.07) is 9.73. The first-order valence-corrected chi connectivity index (χ1v) is 6.36. The fourth-order valence-electron chi connectivity index (χ4n) is 1.94. The van der Waals surface area contributed by atoms with E-state index in [0.29, 0.717) is 0 Å². The summed E-state index contributed by atoms with van der Waals surface area (Å²) in [5.41, 5.74) is 6.09. The Hall–Kier alpha value is -3.16. The topological polar surface area (TPSA) is 112 Å². The van der Waals surface area contributed by atoms with Crippen LogP contribution in [0.5, 0.6) is 0 Å². The maximum Gasteiger partial charge on any atom is 0.140 e. The maximum absolute atomic E-state index is 13.7. The Balaban J connectivity index is 2.58. The molecule has 0 saturated carbocycles. The summed E-state index contributed by atoms with van der Waals surface area (Å²) in [6.07, 6.45) is 1.31. The number of allylic oxidation sites excluding steroid dienone is 1. The Bertz CT molecular complexity index is 810. The van der Waals surface area contributed by atoms with E-state index in [2.05, 4.69) is 5.10 Å². The number of nitrogens with two attached hydrogens (primary N) is 1. The van der Waals surface area contributed by atoms with Crippen LogP contribution in [-0.2, 0) is 6.54 Å². The van der Waals surface area contributed by atoms with Gasteiger partial charge in [0, 0.05) is 5.56 Å². The molecule has 2 aromatic rings. The number of aliphatic hydroxyl groups is 1. The molecule has 110 valence electrons. The van der Waals surface area contributed by atoms with Crippen molar-refractivity contribution in [2.75, 3.05) is 12.3 Å². The molecule has 1 aromatic heterocycles. The van der Waals surface area contributed by atoms with Crippen molar-refractivity contribution >= 4 is 17.5 Å². The molecule has 1 heterocycles. The first-order valence-electron chi connectivity index (χ1n) is 6.36. The van der Waals surface area contributed by atoms with Crippen molar-refractivity contribution in [2.24, 2.45) is 0 Å². The van der Waals surface area contributed by atoms with E-state index in [0.717, 1.165) is 0 Å². The minimum atomic E-state index is -0.489. The monoisotopic (exact) mass is 297 g/mol. The summed E-state index contributed by atoms with van der Waals surface area (Å²) < 4.78 is 14.9. The summed E-state index contributed by atoms with van der Waals surface area (Å²) in [5.74, 6) is -0.433. The lowest BCUT2D eigenvalue weighted by atomic mass is 10.1. The third-order valence-corrected chi connectivity index (χ3v) is 3.00. The first-order chi connectivity index (χ1) is 10.6. The number of benzene rings is 1. The molecule has 0 radical (unpaired) electrons. The van der Waals surface area contributed by atoms with Gasteiger partial charge in [-0.2, -0.15) is 15.6 Å². The molecule has 1 aromatic carbocycles. The highest BCUT2D eigenvalue weighted by molar-refractivity contribution is 5.91. The van der Waals surface area contributed by atoms with E-state index >= 15 is 0 Å². The zero-order chi connectivity index (χ0) is 16.1. The van der Waals surface area contributed by atoms with Gasteiger partial charge in [0.1, 0.15) is 35.0 Å². The van der Waals surface area contributed by atoms with Crippen LogP contribution < -0.4 is 5.73 Å². The largest absolute Gasteiger partial charge is 0.394 e. The Morgan fingerprint density at radius 1 is 1.41 bits per heavy atom. The molecule has 0 atom stereocenters. The third kappa shape index (κ3) is 2.80. The molecule has 22 heavy (non-hydrogen) atoms. The predicted molar refractivity (Wildman–Crippen MR) is 78.3 cm³/mol. The molecule has 0 spiro atoms. The van der Waals surface area contributed by atoms with E-state index in [1.807, 2.05) is 12.1 Å². The van der Waals surface area contributed by atoms with Crippen molar-refractivity contribution in [1.82, 2.24) is 9.78 Å². The molecule has 0 fully saturated rings. The van der Waals surface area contributed by atoms with Crippen LogP contribution in [0.2, 0.25) is 0 Å². The van der Waals surface area contributed by atoms with Gasteiger partial charge in [0.15, 0.2) is 0 Å². The van der Waals surface area contributed by atoms with Gasteiger partial charge < -0.3 is 10.8 Å². The molecule has 3 N–H and O–H groups in total. The van der Waals surface area contributed by atoms with Gasteiger partial charge in [0.2, 0.25) is 0 Å². The molecular formula is C15H12FN5O. The molecule has 0 aliphatic carbocycles. The summed E-state index contributed by atoms with van der Waals surface area (Å²) in [5, 5.41) is 31.5. The summed E-state index contributed by atoms with van der Waals surface area (Å²) in [7, 11) is 0. The van der Waals surface area contributed by atoms with Gasteiger partial charge in [-0.05, 0) is 12.1 Å². The molecule has 6 nitrogen and oxygen atoms in total. The van der Waals surface area contributed by atoms with Crippen LogP contribution in [0.15, 0.2) is 24.3 Å². The van der Waals surface area contributed by atoms with Gasteiger partial charge in [-0.15, -0.1) is 0 Å². The van der Waals surface area contributed by atoms with Crippen LogP contribution in [0.3, 0.4) is 0 Å². The number of aliphatic hydroxyl groups excluding tert-OH is 1. The van der Waals surface area contributed by atoms with E-state index in [4.69, 9.17) is 10.8 Å². The number of hydrogen-bond acceptors (Lipinski definition) is 5. The molecule has 7 heteroatoms. The summed E-state index contributed by atoms with van der Waals surface area (Å²) >= 11 is 0. The number of aromatic nitrogens is 2. The number of nitrogen functional groups attached to an aromatic ring is 1. The number of halogens is 1. The molecule has 0 unspecified atom stereocenters. The molecule has 0 bridgehead atoms. The van der Waals surface area contributed by atoms with E-state index in [9.17, 15) is 14.9 Å². The van der Waals surface area contributed by atoms with Crippen LogP contribution in [0.1, 0.15) is 16.8 Å². The van der Waals surface area contributed by atoms with Crippen molar-refractivity contribution < 1.29 is 9.50 Å². The Kier molecular flexibility index (Phi) is 4.52. The number of nitrogens with zero attached hydrogens (tertiary/aromatic N) is 4. The van der Waals surface area contributed by atoms with Crippen molar-refractivity contribution in [3.63, 3.8) is 0 Å². The molecule has 2 rings (SSSR count).